The van der Waals surface area contributed by atoms with Gasteiger partial charge in [0.1, 0.15) is 5.75 Å². The molecule has 0 bridgehead atoms. The summed E-state index contributed by atoms with van der Waals surface area (Å²) in [6, 6.07) is 12.6. The number of hydrogen-bond donors (Lipinski definition) is 1. The van der Waals surface area contributed by atoms with E-state index in [-0.39, 0.29) is 28.8 Å². The number of nitro benzene ring substituents is 1. The summed E-state index contributed by atoms with van der Waals surface area (Å²) in [4.78, 5) is 22.6. The molecule has 3 rings (SSSR count). The number of nitrogens with one attached hydrogen (secondary N) is 1. The number of non-ortho nitro benzene ring substituents is 1. The lowest BCUT2D eigenvalue weighted by Crippen LogP contribution is -2.14. The second kappa shape index (κ2) is 8.19. The smallest absolute Gasteiger partial charge is 0.276 e. The van der Waals surface area contributed by atoms with Crippen LogP contribution in [0.15, 0.2) is 59.2 Å². The summed E-state index contributed by atoms with van der Waals surface area (Å²) < 4.78 is 7.96. The number of benzene rings is 2. The quantitative estimate of drug-likeness (QED) is 0.439. The first-order valence-electron chi connectivity index (χ1n) is 7.59. The molecule has 0 aliphatic heterocycles. The van der Waals surface area contributed by atoms with Gasteiger partial charge in [-0.25, -0.2) is 4.68 Å². The predicted octanol–water partition coefficient (Wildman–Crippen LogP) is 4.50. The van der Waals surface area contributed by atoms with E-state index in [0.29, 0.717) is 5.75 Å². The maximum atomic E-state index is 12.3. The molecule has 1 N–H and O–H groups in total. The van der Waals surface area contributed by atoms with E-state index in [1.807, 2.05) is 12.1 Å². The second-order valence-corrected chi connectivity index (χ2v) is 6.67. The van der Waals surface area contributed by atoms with Crippen LogP contribution in [-0.4, -0.2) is 20.6 Å². The lowest BCUT2D eigenvalue weighted by molar-refractivity contribution is -0.384. The van der Waals surface area contributed by atoms with E-state index >= 15 is 0 Å². The van der Waals surface area contributed by atoms with Crippen molar-refractivity contribution >= 4 is 44.8 Å². The minimum atomic E-state index is -0.569. The number of ether oxygens (including phenoxy) is 1. The highest BCUT2D eigenvalue weighted by Crippen LogP contribution is 2.27. The van der Waals surface area contributed by atoms with Crippen LogP contribution in [0.1, 0.15) is 10.5 Å². The number of amides is 1. The topological polar surface area (TPSA) is 99.3 Å². The van der Waals surface area contributed by atoms with Crippen LogP contribution in [0.5, 0.6) is 5.75 Å². The van der Waals surface area contributed by atoms with Crippen molar-refractivity contribution < 1.29 is 14.5 Å². The van der Waals surface area contributed by atoms with Gasteiger partial charge in [0.15, 0.2) is 12.4 Å². The summed E-state index contributed by atoms with van der Waals surface area (Å²) in [5.41, 5.74) is 0.0802. The zero-order valence-corrected chi connectivity index (χ0v) is 16.0. The summed E-state index contributed by atoms with van der Waals surface area (Å²) in [7, 11) is 0. The first-order chi connectivity index (χ1) is 12.9. The van der Waals surface area contributed by atoms with E-state index in [4.69, 9.17) is 16.3 Å². The number of nitrogens with zero attached hydrogens (tertiary/aromatic N) is 3. The molecule has 1 amide bonds. The molecule has 3 aromatic rings. The lowest BCUT2D eigenvalue weighted by atomic mass is 10.2. The Morgan fingerprint density at radius 1 is 1.26 bits per heavy atom. The maximum absolute atomic E-state index is 12.3. The van der Waals surface area contributed by atoms with Gasteiger partial charge in [-0.1, -0.05) is 27.5 Å². The molecule has 0 aliphatic carbocycles. The van der Waals surface area contributed by atoms with Crippen LogP contribution in [0.25, 0.3) is 0 Å². The Balaban J connectivity index is 1.65. The molecule has 1 aromatic heterocycles. The second-order valence-electron chi connectivity index (χ2n) is 5.34. The van der Waals surface area contributed by atoms with Crippen molar-refractivity contribution in [2.75, 3.05) is 5.32 Å². The van der Waals surface area contributed by atoms with Crippen LogP contribution in [0.4, 0.5) is 11.4 Å². The monoisotopic (exact) mass is 450 g/mol. The molecule has 0 radical (unpaired) electrons. The number of hydrogen-bond acceptors (Lipinski definition) is 5. The number of rotatable bonds is 6. The molecule has 0 saturated carbocycles. The first kappa shape index (κ1) is 18.9. The fraction of sp³-hybridized carbons (Fsp3) is 0.0588. The number of carbonyl (C=O) groups excluding carboxylic acids is 1. The van der Waals surface area contributed by atoms with Crippen LogP contribution in [0, 0.1) is 10.1 Å². The largest absolute Gasteiger partial charge is 0.471 e. The third-order valence-corrected chi connectivity index (χ3v) is 4.32. The molecule has 10 heteroatoms. The maximum Gasteiger partial charge on any atom is 0.276 e. The van der Waals surface area contributed by atoms with Gasteiger partial charge in [0.25, 0.3) is 11.6 Å². The van der Waals surface area contributed by atoms with Gasteiger partial charge in [-0.05, 0) is 36.4 Å². The lowest BCUT2D eigenvalue weighted by Gasteiger charge is -2.07. The highest BCUT2D eigenvalue weighted by molar-refractivity contribution is 9.10. The van der Waals surface area contributed by atoms with Crippen molar-refractivity contribution in [3.8, 4) is 5.75 Å². The molecule has 2 aromatic carbocycles. The molecule has 0 aliphatic rings. The SMILES string of the molecule is O=C(Nc1cc([N+](=O)[O-])ccc1Cl)c1ccn(COc2ccc(Br)cc2)n1. The van der Waals surface area contributed by atoms with E-state index in [9.17, 15) is 14.9 Å². The fourth-order valence-corrected chi connectivity index (χ4v) is 2.56. The summed E-state index contributed by atoms with van der Waals surface area (Å²) in [6.45, 7) is 0.118. The molecule has 138 valence electrons. The molecular formula is C17H12BrClN4O4. The summed E-state index contributed by atoms with van der Waals surface area (Å²) in [5.74, 6) is 0.114. The number of aromatic nitrogens is 2. The Labute approximate surface area is 167 Å². The van der Waals surface area contributed by atoms with E-state index in [0.717, 1.165) is 4.47 Å². The number of carbonyl (C=O) groups is 1. The summed E-state index contributed by atoms with van der Waals surface area (Å²) >= 11 is 9.32. The zero-order valence-electron chi connectivity index (χ0n) is 13.6. The molecule has 27 heavy (non-hydrogen) atoms. The normalized spacial score (nSPS) is 10.4. The van der Waals surface area contributed by atoms with Crippen LogP contribution >= 0.6 is 27.5 Å². The predicted molar refractivity (Wildman–Crippen MR) is 103 cm³/mol. The van der Waals surface area contributed by atoms with Crippen LogP contribution in [0.3, 0.4) is 0 Å². The Morgan fingerprint density at radius 3 is 2.70 bits per heavy atom. The van der Waals surface area contributed by atoms with Crippen LogP contribution in [0.2, 0.25) is 5.02 Å². The van der Waals surface area contributed by atoms with E-state index in [1.54, 1.807) is 18.3 Å². The van der Waals surface area contributed by atoms with Gasteiger partial charge in [-0.3, -0.25) is 14.9 Å². The fourth-order valence-electron chi connectivity index (χ4n) is 2.14. The van der Waals surface area contributed by atoms with Crippen LogP contribution < -0.4 is 10.1 Å². The van der Waals surface area contributed by atoms with Crippen molar-refractivity contribution in [3.63, 3.8) is 0 Å². The first-order valence-corrected chi connectivity index (χ1v) is 8.76. The van der Waals surface area contributed by atoms with E-state index in [1.165, 1.54) is 28.9 Å². The average molecular weight is 452 g/mol. The molecule has 0 atom stereocenters. The van der Waals surface area contributed by atoms with Crippen molar-refractivity contribution in [1.82, 2.24) is 9.78 Å². The third-order valence-electron chi connectivity index (χ3n) is 3.46. The molecule has 8 nitrogen and oxygen atoms in total. The highest BCUT2D eigenvalue weighted by Gasteiger charge is 2.15. The van der Waals surface area contributed by atoms with Gasteiger partial charge >= 0.3 is 0 Å². The van der Waals surface area contributed by atoms with E-state index < -0.39 is 10.8 Å². The van der Waals surface area contributed by atoms with Crippen molar-refractivity contribution in [1.29, 1.82) is 0 Å². The van der Waals surface area contributed by atoms with Crippen molar-refractivity contribution in [2.45, 2.75) is 6.73 Å². The van der Waals surface area contributed by atoms with Gasteiger partial charge in [-0.2, -0.15) is 5.10 Å². The van der Waals surface area contributed by atoms with Gasteiger partial charge in [0.2, 0.25) is 0 Å². The number of halogens is 2. The third kappa shape index (κ3) is 4.83. The van der Waals surface area contributed by atoms with Crippen molar-refractivity contribution in [2.24, 2.45) is 0 Å². The van der Waals surface area contributed by atoms with Crippen LogP contribution in [-0.2, 0) is 6.73 Å². The molecule has 0 spiro atoms. The molecule has 1 heterocycles. The molecule has 0 saturated heterocycles. The Kier molecular flexibility index (Phi) is 5.72. The highest BCUT2D eigenvalue weighted by atomic mass is 79.9. The van der Waals surface area contributed by atoms with Gasteiger partial charge in [-0.15, -0.1) is 0 Å². The van der Waals surface area contributed by atoms with Crippen molar-refractivity contribution in [3.05, 3.63) is 80.0 Å². The number of nitro groups is 1. The zero-order chi connectivity index (χ0) is 19.4. The van der Waals surface area contributed by atoms with E-state index in [2.05, 4.69) is 26.3 Å². The minimum absolute atomic E-state index is 0.118. The average Bonchev–Trinajstić information content (AvgIpc) is 3.12. The Bertz CT molecular complexity index is 991. The molecule has 0 fully saturated rings. The molecule has 0 unspecified atom stereocenters. The summed E-state index contributed by atoms with van der Waals surface area (Å²) in [6.07, 6.45) is 1.59. The Morgan fingerprint density at radius 2 is 2.00 bits per heavy atom. The molecular weight excluding hydrogens is 440 g/mol. The summed E-state index contributed by atoms with van der Waals surface area (Å²) in [5, 5.41) is 17.7. The van der Waals surface area contributed by atoms with Gasteiger partial charge in [0.05, 0.1) is 15.6 Å². The van der Waals surface area contributed by atoms with Gasteiger partial charge in [0, 0.05) is 22.8 Å². The van der Waals surface area contributed by atoms with Gasteiger partial charge < -0.3 is 10.1 Å². The standard InChI is InChI=1S/C17H12BrClN4O4/c18-11-1-4-13(5-2-11)27-10-22-8-7-15(21-22)17(24)20-16-9-12(23(25)26)3-6-14(16)19/h1-9H,10H2,(H,20,24). The Hall–Kier alpha value is -2.91. The number of anilines is 1. The minimum Gasteiger partial charge on any atom is -0.471 e.